The monoisotopic (exact) mass is 526 g/mol. The maximum absolute atomic E-state index is 4.56. The Morgan fingerprint density at radius 1 is 0.425 bits per heavy atom. The molecular formula is C30H26N10. The van der Waals surface area contributed by atoms with Crippen LogP contribution in [0.15, 0.2) is 60.7 Å². The van der Waals surface area contributed by atoms with Crippen LogP contribution in [0.5, 0.6) is 0 Å². The molecule has 8 rings (SSSR count). The van der Waals surface area contributed by atoms with Gasteiger partial charge in [-0.25, -0.2) is 29.9 Å². The van der Waals surface area contributed by atoms with Crippen molar-refractivity contribution in [3.05, 3.63) is 83.4 Å². The predicted octanol–water partition coefficient (Wildman–Crippen LogP) is 6.24. The molecular weight excluding hydrogens is 500 g/mol. The van der Waals surface area contributed by atoms with Crippen LogP contribution in [0.3, 0.4) is 0 Å². The maximum Gasteiger partial charge on any atom is 0.180 e. The average molecular weight is 527 g/mol. The molecule has 2 aromatic carbocycles. The summed E-state index contributed by atoms with van der Waals surface area (Å²) in [5.74, 6) is 3.38. The lowest BCUT2D eigenvalue weighted by molar-refractivity contribution is 1.16. The van der Waals surface area contributed by atoms with Crippen molar-refractivity contribution in [2.45, 2.75) is 27.7 Å². The molecule has 0 aliphatic carbocycles. The Morgan fingerprint density at radius 2 is 0.925 bits per heavy atom. The molecule has 6 aromatic heterocycles. The Hall–Kier alpha value is -5.38. The highest BCUT2D eigenvalue weighted by Crippen LogP contribution is 2.24. The van der Waals surface area contributed by atoms with Gasteiger partial charge in [-0.15, -0.1) is 0 Å². The topological polar surface area (TPSA) is 140 Å². The number of aryl methyl sites for hydroxylation is 4. The number of aromatic amines is 4. The van der Waals surface area contributed by atoms with E-state index < -0.39 is 0 Å². The van der Waals surface area contributed by atoms with Crippen LogP contribution in [-0.4, -0.2) is 49.8 Å². The van der Waals surface area contributed by atoms with Crippen molar-refractivity contribution in [1.82, 2.24) is 49.8 Å². The number of H-pyrrole nitrogens is 4. The van der Waals surface area contributed by atoms with Gasteiger partial charge in [-0.2, -0.15) is 0 Å². The van der Waals surface area contributed by atoms with Crippen molar-refractivity contribution in [2.24, 2.45) is 0 Å². The van der Waals surface area contributed by atoms with Gasteiger partial charge in [-0.1, -0.05) is 53.6 Å². The van der Waals surface area contributed by atoms with E-state index in [-0.39, 0.29) is 0 Å². The molecule has 0 aliphatic rings. The van der Waals surface area contributed by atoms with Crippen LogP contribution in [0.2, 0.25) is 0 Å². The second kappa shape index (κ2) is 9.12. The van der Waals surface area contributed by atoms with Crippen LogP contribution in [0.25, 0.3) is 67.4 Å². The highest BCUT2D eigenvalue weighted by atomic mass is 15.1. The predicted molar refractivity (Wildman–Crippen MR) is 157 cm³/mol. The third kappa shape index (κ3) is 4.35. The second-order valence-electron chi connectivity index (χ2n) is 10.0. The number of hydrogen-bond donors (Lipinski definition) is 4. The van der Waals surface area contributed by atoms with Crippen LogP contribution in [0.4, 0.5) is 0 Å². The molecule has 0 unspecified atom stereocenters. The molecule has 10 heteroatoms. The van der Waals surface area contributed by atoms with Gasteiger partial charge in [0.2, 0.25) is 0 Å². The Kier molecular flexibility index (Phi) is 5.41. The fraction of sp³-hybridized carbons (Fsp3) is 0.133. The van der Waals surface area contributed by atoms with Crippen molar-refractivity contribution in [3.63, 3.8) is 0 Å². The molecule has 10 nitrogen and oxygen atoms in total. The summed E-state index contributed by atoms with van der Waals surface area (Å²) < 4.78 is 0. The van der Waals surface area contributed by atoms with E-state index in [0.29, 0.717) is 22.6 Å². The van der Waals surface area contributed by atoms with Crippen molar-refractivity contribution < 1.29 is 0 Å². The molecule has 196 valence electrons. The lowest BCUT2D eigenvalue weighted by atomic mass is 10.1. The normalized spacial score (nSPS) is 11.5. The van der Waals surface area contributed by atoms with Gasteiger partial charge in [-0.3, -0.25) is 0 Å². The number of nitrogens with zero attached hydrogens (tertiary/aromatic N) is 6. The molecule has 0 aliphatic heterocycles. The Morgan fingerprint density at radius 3 is 1.48 bits per heavy atom. The number of rotatable bonds is 2. The molecule has 40 heavy (non-hydrogen) atoms. The number of aromatic nitrogens is 10. The first-order valence-electron chi connectivity index (χ1n) is 13.0. The van der Waals surface area contributed by atoms with Gasteiger partial charge in [0.1, 0.15) is 23.3 Å². The summed E-state index contributed by atoms with van der Waals surface area (Å²) in [6, 6.07) is 20.5. The number of nitrogens with one attached hydrogen (secondary N) is 4. The molecule has 6 heterocycles. The third-order valence-electron chi connectivity index (χ3n) is 6.70. The highest BCUT2D eigenvalue weighted by molar-refractivity contribution is 5.88. The van der Waals surface area contributed by atoms with E-state index in [1.165, 1.54) is 11.1 Å². The summed E-state index contributed by atoms with van der Waals surface area (Å²) in [4.78, 5) is 39.8. The van der Waals surface area contributed by atoms with E-state index in [0.717, 1.165) is 56.5 Å². The molecule has 0 saturated heterocycles. The lowest BCUT2D eigenvalue weighted by Gasteiger charge is -1.97. The molecule has 8 aromatic rings. The van der Waals surface area contributed by atoms with Crippen LogP contribution in [-0.2, 0) is 0 Å². The number of benzene rings is 2. The molecule has 0 spiro atoms. The first kappa shape index (κ1) is 23.7. The Balaban J connectivity index is 0.000000132. The van der Waals surface area contributed by atoms with Crippen molar-refractivity contribution >= 4 is 44.7 Å². The zero-order valence-corrected chi connectivity index (χ0v) is 22.5. The van der Waals surface area contributed by atoms with Crippen LogP contribution in [0.1, 0.15) is 22.8 Å². The summed E-state index contributed by atoms with van der Waals surface area (Å²) in [5.41, 5.74) is 11.0. The fourth-order valence-corrected chi connectivity index (χ4v) is 4.76. The standard InChI is InChI=1S/2C15H13N5/c1-8-3-5-10(6-4-8)13-18-12-7-11-14(17-9(2)16-11)20-15(12)19-13;1-8-4-3-5-10(6-8)13-18-12-7-11-14(17-9(2)16-11)20-15(12)19-13/h2*3-7H,1-2H3,(H2,16,17,18,19,20). The summed E-state index contributed by atoms with van der Waals surface area (Å²) >= 11 is 0. The van der Waals surface area contributed by atoms with Crippen LogP contribution in [0, 0.1) is 27.7 Å². The zero-order chi connectivity index (χ0) is 27.4. The van der Waals surface area contributed by atoms with Gasteiger partial charge in [0.25, 0.3) is 0 Å². The van der Waals surface area contributed by atoms with Crippen LogP contribution >= 0.6 is 0 Å². The molecule has 0 saturated carbocycles. The molecule has 0 fully saturated rings. The first-order valence-corrected chi connectivity index (χ1v) is 13.0. The average Bonchev–Trinajstić information content (AvgIpc) is 3.69. The minimum Gasteiger partial charge on any atom is -0.341 e. The summed E-state index contributed by atoms with van der Waals surface area (Å²) in [6.07, 6.45) is 0. The van der Waals surface area contributed by atoms with E-state index in [4.69, 9.17) is 0 Å². The summed E-state index contributed by atoms with van der Waals surface area (Å²) in [5, 5.41) is 0. The highest BCUT2D eigenvalue weighted by Gasteiger charge is 2.11. The van der Waals surface area contributed by atoms with Crippen molar-refractivity contribution in [1.29, 1.82) is 0 Å². The smallest absolute Gasteiger partial charge is 0.180 e. The Bertz CT molecular complexity index is 2060. The molecule has 0 radical (unpaired) electrons. The van der Waals surface area contributed by atoms with Crippen LogP contribution < -0.4 is 0 Å². The van der Waals surface area contributed by atoms with Crippen molar-refractivity contribution in [3.8, 4) is 22.8 Å². The largest absolute Gasteiger partial charge is 0.341 e. The lowest BCUT2D eigenvalue weighted by Crippen LogP contribution is -1.81. The number of hydrogen-bond acceptors (Lipinski definition) is 6. The molecule has 0 atom stereocenters. The van der Waals surface area contributed by atoms with E-state index in [1.54, 1.807) is 0 Å². The van der Waals surface area contributed by atoms with E-state index in [1.807, 2.05) is 38.1 Å². The number of imidazole rings is 4. The van der Waals surface area contributed by atoms with Gasteiger partial charge >= 0.3 is 0 Å². The number of pyridine rings is 2. The Labute approximate surface area is 228 Å². The van der Waals surface area contributed by atoms with Gasteiger partial charge in [0, 0.05) is 11.1 Å². The quantitative estimate of drug-likeness (QED) is 0.210. The zero-order valence-electron chi connectivity index (χ0n) is 22.5. The fourth-order valence-electron chi connectivity index (χ4n) is 4.76. The third-order valence-corrected chi connectivity index (χ3v) is 6.70. The molecule has 4 N–H and O–H groups in total. The van der Waals surface area contributed by atoms with E-state index in [2.05, 4.69) is 100 Å². The van der Waals surface area contributed by atoms with Gasteiger partial charge in [-0.05, 0) is 45.9 Å². The number of fused-ring (bicyclic) bond motifs is 4. The van der Waals surface area contributed by atoms with Gasteiger partial charge in [0.15, 0.2) is 22.6 Å². The SMILES string of the molecule is Cc1ccc(-c2nc3nc4nc(C)[nH]c4cc3[nH]2)cc1.Cc1cccc(-c2nc3nc4nc(C)[nH]c4cc3[nH]2)c1. The van der Waals surface area contributed by atoms with Gasteiger partial charge in [0.05, 0.1) is 22.1 Å². The first-order chi connectivity index (χ1) is 19.4. The minimum atomic E-state index is 0.694. The summed E-state index contributed by atoms with van der Waals surface area (Å²) in [6.45, 7) is 7.98. The van der Waals surface area contributed by atoms with E-state index >= 15 is 0 Å². The molecule has 0 bridgehead atoms. The maximum atomic E-state index is 4.56. The van der Waals surface area contributed by atoms with Gasteiger partial charge < -0.3 is 19.9 Å². The van der Waals surface area contributed by atoms with Crippen molar-refractivity contribution in [2.75, 3.05) is 0 Å². The second-order valence-corrected chi connectivity index (χ2v) is 10.0. The minimum absolute atomic E-state index is 0.694. The summed E-state index contributed by atoms with van der Waals surface area (Å²) in [7, 11) is 0. The molecule has 0 amide bonds. The van der Waals surface area contributed by atoms with E-state index in [9.17, 15) is 0 Å².